The van der Waals surface area contributed by atoms with Crippen LogP contribution in [0.1, 0.15) is 15.9 Å². The first-order valence-electron chi connectivity index (χ1n) is 9.25. The van der Waals surface area contributed by atoms with Crippen LogP contribution in [0.4, 0.5) is 0 Å². The van der Waals surface area contributed by atoms with Crippen molar-refractivity contribution in [1.82, 2.24) is 23.7 Å². The van der Waals surface area contributed by atoms with Crippen LogP contribution in [-0.2, 0) is 10.0 Å². The van der Waals surface area contributed by atoms with E-state index >= 15 is 0 Å². The molecule has 1 aromatic carbocycles. The molecule has 0 bridgehead atoms. The molecule has 4 rings (SSSR count). The topological polar surface area (TPSA) is 88.4 Å². The first-order valence-corrected chi connectivity index (χ1v) is 10.7. The Morgan fingerprint density at radius 1 is 1.00 bits per heavy atom. The lowest BCUT2D eigenvalue weighted by atomic mass is 10.2. The van der Waals surface area contributed by atoms with Gasteiger partial charge < -0.3 is 4.90 Å². The molecule has 8 nitrogen and oxygen atoms in total. The molecule has 0 N–H and O–H groups in total. The number of nitrogens with zero attached hydrogens (tertiary/aromatic N) is 5. The fourth-order valence-corrected chi connectivity index (χ4v) is 4.66. The minimum absolute atomic E-state index is 0.151. The molecule has 0 saturated carbocycles. The van der Waals surface area contributed by atoms with E-state index < -0.39 is 10.0 Å². The summed E-state index contributed by atoms with van der Waals surface area (Å²) in [4.78, 5) is 23.0. The molecule has 0 unspecified atom stereocenters. The third kappa shape index (κ3) is 3.92. The lowest BCUT2D eigenvalue weighted by Crippen LogP contribution is -2.50. The number of aryl methyl sites for hydroxylation is 1. The molecule has 0 spiro atoms. The predicted molar refractivity (Wildman–Crippen MR) is 107 cm³/mol. The second kappa shape index (κ2) is 7.76. The molecule has 150 valence electrons. The number of aromatic nitrogens is 3. The van der Waals surface area contributed by atoms with E-state index in [0.717, 1.165) is 5.56 Å². The van der Waals surface area contributed by atoms with Crippen molar-refractivity contribution in [3.8, 4) is 5.82 Å². The van der Waals surface area contributed by atoms with Crippen LogP contribution in [0.2, 0.25) is 0 Å². The van der Waals surface area contributed by atoms with Crippen molar-refractivity contribution in [2.75, 3.05) is 26.2 Å². The number of imidazole rings is 1. The highest BCUT2D eigenvalue weighted by Crippen LogP contribution is 2.19. The first kappa shape index (κ1) is 19.3. The number of carbonyl (C=O) groups excluding carboxylic acids is 1. The third-order valence-electron chi connectivity index (χ3n) is 4.95. The van der Waals surface area contributed by atoms with E-state index in [4.69, 9.17) is 0 Å². The molecule has 0 radical (unpaired) electrons. The second-order valence-corrected chi connectivity index (χ2v) is 8.82. The van der Waals surface area contributed by atoms with Gasteiger partial charge in [-0.15, -0.1) is 0 Å². The van der Waals surface area contributed by atoms with Crippen LogP contribution in [0.25, 0.3) is 5.82 Å². The summed E-state index contributed by atoms with van der Waals surface area (Å²) >= 11 is 0. The zero-order valence-corrected chi connectivity index (χ0v) is 16.8. The van der Waals surface area contributed by atoms with E-state index in [1.165, 1.54) is 10.5 Å². The standard InChI is InChI=1S/C20H21N5O3S/c1-16-2-5-18(6-3-16)29(27,28)25-12-10-23(11-13-25)20(26)17-4-7-19(22-14-17)24-9-8-21-15-24/h2-9,14-15H,10-13H2,1H3. The summed E-state index contributed by atoms with van der Waals surface area (Å²) in [7, 11) is -3.55. The monoisotopic (exact) mass is 411 g/mol. The van der Waals surface area contributed by atoms with Crippen molar-refractivity contribution in [3.63, 3.8) is 0 Å². The highest BCUT2D eigenvalue weighted by molar-refractivity contribution is 7.89. The molecule has 0 atom stereocenters. The first-order chi connectivity index (χ1) is 13.9. The molecule has 3 aromatic rings. The van der Waals surface area contributed by atoms with Crippen LogP contribution < -0.4 is 0 Å². The average Bonchev–Trinajstić information content (AvgIpc) is 3.29. The lowest BCUT2D eigenvalue weighted by molar-refractivity contribution is 0.0697. The molecule has 1 aliphatic heterocycles. The maximum Gasteiger partial charge on any atom is 0.255 e. The van der Waals surface area contributed by atoms with Crippen molar-refractivity contribution in [3.05, 3.63) is 72.4 Å². The fraction of sp³-hybridized carbons (Fsp3) is 0.250. The number of hydrogen-bond donors (Lipinski definition) is 0. The van der Waals surface area contributed by atoms with E-state index in [2.05, 4.69) is 9.97 Å². The number of sulfonamides is 1. The summed E-state index contributed by atoms with van der Waals surface area (Å²) in [6.07, 6.45) is 6.60. The molecule has 1 amide bonds. The molecular weight excluding hydrogens is 390 g/mol. The highest BCUT2D eigenvalue weighted by Gasteiger charge is 2.30. The molecule has 1 saturated heterocycles. The minimum Gasteiger partial charge on any atom is -0.336 e. The van der Waals surface area contributed by atoms with Crippen LogP contribution in [0.3, 0.4) is 0 Å². The number of piperazine rings is 1. The quantitative estimate of drug-likeness (QED) is 0.652. The van der Waals surface area contributed by atoms with Gasteiger partial charge in [0.2, 0.25) is 10.0 Å². The summed E-state index contributed by atoms with van der Waals surface area (Å²) in [6, 6.07) is 10.3. The van der Waals surface area contributed by atoms with Crippen LogP contribution >= 0.6 is 0 Å². The Morgan fingerprint density at radius 3 is 2.31 bits per heavy atom. The number of carbonyl (C=O) groups is 1. The second-order valence-electron chi connectivity index (χ2n) is 6.88. The zero-order valence-electron chi connectivity index (χ0n) is 16.0. The van der Waals surface area contributed by atoms with E-state index in [0.29, 0.717) is 24.5 Å². The Morgan fingerprint density at radius 2 is 1.72 bits per heavy atom. The number of benzene rings is 1. The third-order valence-corrected chi connectivity index (χ3v) is 6.86. The molecular formula is C20H21N5O3S. The van der Waals surface area contributed by atoms with Gasteiger partial charge >= 0.3 is 0 Å². The van der Waals surface area contributed by atoms with Crippen LogP contribution in [0.5, 0.6) is 0 Å². The number of pyridine rings is 1. The number of rotatable bonds is 4. The summed E-state index contributed by atoms with van der Waals surface area (Å²) in [5.41, 5.74) is 1.48. The Labute approximate surface area is 169 Å². The number of amides is 1. The summed E-state index contributed by atoms with van der Waals surface area (Å²) in [6.45, 7) is 3.13. The van der Waals surface area contributed by atoms with Crippen molar-refractivity contribution in [2.45, 2.75) is 11.8 Å². The summed E-state index contributed by atoms with van der Waals surface area (Å²) < 4.78 is 28.8. The average molecular weight is 411 g/mol. The Kier molecular flexibility index (Phi) is 5.16. The zero-order chi connectivity index (χ0) is 20.4. The smallest absolute Gasteiger partial charge is 0.255 e. The van der Waals surface area contributed by atoms with Gasteiger partial charge in [0, 0.05) is 44.8 Å². The lowest BCUT2D eigenvalue weighted by Gasteiger charge is -2.34. The van der Waals surface area contributed by atoms with E-state index in [-0.39, 0.29) is 23.9 Å². The van der Waals surface area contributed by atoms with Crippen LogP contribution in [0, 0.1) is 6.92 Å². The highest BCUT2D eigenvalue weighted by atomic mass is 32.2. The Hall–Kier alpha value is -3.04. The van der Waals surface area contributed by atoms with Crippen molar-refractivity contribution >= 4 is 15.9 Å². The largest absolute Gasteiger partial charge is 0.336 e. The maximum absolute atomic E-state index is 12.8. The predicted octanol–water partition coefficient (Wildman–Crippen LogP) is 1.72. The van der Waals surface area contributed by atoms with Gasteiger partial charge in [-0.1, -0.05) is 17.7 Å². The van der Waals surface area contributed by atoms with Gasteiger partial charge in [-0.3, -0.25) is 9.36 Å². The van der Waals surface area contributed by atoms with Crippen LogP contribution in [0.15, 0.2) is 66.2 Å². The van der Waals surface area contributed by atoms with Gasteiger partial charge in [-0.05, 0) is 31.2 Å². The Balaban J connectivity index is 1.41. The van der Waals surface area contributed by atoms with Gasteiger partial charge in [0.15, 0.2) is 0 Å². The van der Waals surface area contributed by atoms with Gasteiger partial charge in [-0.25, -0.2) is 18.4 Å². The maximum atomic E-state index is 12.8. The van der Waals surface area contributed by atoms with E-state index in [9.17, 15) is 13.2 Å². The molecule has 29 heavy (non-hydrogen) atoms. The summed E-state index contributed by atoms with van der Waals surface area (Å²) in [5, 5.41) is 0. The SMILES string of the molecule is Cc1ccc(S(=O)(=O)N2CCN(C(=O)c3ccc(-n4ccnc4)nc3)CC2)cc1. The van der Waals surface area contributed by atoms with Gasteiger partial charge in [0.25, 0.3) is 5.91 Å². The Bertz CT molecular complexity index is 1090. The van der Waals surface area contributed by atoms with E-state index in [1.807, 2.05) is 6.92 Å². The molecule has 1 fully saturated rings. The van der Waals surface area contributed by atoms with Gasteiger partial charge in [0.1, 0.15) is 12.1 Å². The molecule has 2 aromatic heterocycles. The molecule has 9 heteroatoms. The van der Waals surface area contributed by atoms with Crippen LogP contribution in [-0.4, -0.2) is 64.2 Å². The molecule has 1 aliphatic rings. The van der Waals surface area contributed by atoms with Gasteiger partial charge in [-0.2, -0.15) is 4.31 Å². The van der Waals surface area contributed by atoms with E-state index in [1.54, 1.807) is 64.6 Å². The fourth-order valence-electron chi connectivity index (χ4n) is 3.23. The minimum atomic E-state index is -3.55. The molecule has 0 aliphatic carbocycles. The number of hydrogen-bond acceptors (Lipinski definition) is 5. The normalized spacial score (nSPS) is 15.4. The van der Waals surface area contributed by atoms with Gasteiger partial charge in [0.05, 0.1) is 10.5 Å². The van der Waals surface area contributed by atoms with Crippen molar-refractivity contribution in [2.24, 2.45) is 0 Å². The van der Waals surface area contributed by atoms with Crippen molar-refractivity contribution < 1.29 is 13.2 Å². The van der Waals surface area contributed by atoms with Crippen molar-refractivity contribution in [1.29, 1.82) is 0 Å². The summed E-state index contributed by atoms with van der Waals surface area (Å²) in [5.74, 6) is 0.523. The molecule has 3 heterocycles.